The van der Waals surface area contributed by atoms with Crippen LogP contribution < -0.4 is 20.1 Å². The zero-order valence-corrected chi connectivity index (χ0v) is 20.3. The van der Waals surface area contributed by atoms with Crippen molar-refractivity contribution in [3.63, 3.8) is 0 Å². The van der Waals surface area contributed by atoms with Gasteiger partial charge in [0.2, 0.25) is 5.91 Å². The first kappa shape index (κ1) is 25.0. The lowest BCUT2D eigenvalue weighted by molar-refractivity contribution is -0.121. The van der Waals surface area contributed by atoms with E-state index in [4.69, 9.17) is 9.47 Å². The molecule has 0 bridgehead atoms. The van der Waals surface area contributed by atoms with Gasteiger partial charge in [-0.2, -0.15) is 0 Å². The van der Waals surface area contributed by atoms with E-state index in [1.165, 1.54) is 12.1 Å². The summed E-state index contributed by atoms with van der Waals surface area (Å²) >= 11 is 0. The molecule has 1 aliphatic heterocycles. The predicted molar refractivity (Wildman–Crippen MR) is 132 cm³/mol. The molecule has 0 fully saturated rings. The van der Waals surface area contributed by atoms with E-state index in [2.05, 4.69) is 15.6 Å². The Morgan fingerprint density at radius 1 is 1.03 bits per heavy atom. The summed E-state index contributed by atoms with van der Waals surface area (Å²) < 4.78 is 24.6. The number of nitrogens with one attached hydrogen (secondary N) is 2. The van der Waals surface area contributed by atoms with Gasteiger partial charge in [0, 0.05) is 38.4 Å². The average Bonchev–Trinajstić information content (AvgIpc) is 2.91. The standard InChI is InChI=1S/C27H29FN4O4/c1-35-23-15-20-10-14-32(26(22(20)16-24(23)36-2)19-3-5-21(28)6-4-19)27(34)30-13-9-25(33)31-17-18-7-11-29-12-8-18/h3-8,11-12,15-16,26H,9-10,13-14,17H2,1-2H3,(H,30,34)(H,31,33). The number of hydrogen-bond donors (Lipinski definition) is 2. The van der Waals surface area contributed by atoms with Crippen molar-refractivity contribution in [1.82, 2.24) is 20.5 Å². The molecule has 0 saturated heterocycles. The smallest absolute Gasteiger partial charge is 0.318 e. The van der Waals surface area contributed by atoms with Crippen LogP contribution in [0.1, 0.15) is 34.7 Å². The van der Waals surface area contributed by atoms with Crippen LogP contribution in [-0.4, -0.2) is 49.1 Å². The summed E-state index contributed by atoms with van der Waals surface area (Å²) in [7, 11) is 3.14. The topological polar surface area (TPSA) is 92.8 Å². The first-order valence-corrected chi connectivity index (χ1v) is 11.7. The van der Waals surface area contributed by atoms with Crippen molar-refractivity contribution in [3.8, 4) is 11.5 Å². The van der Waals surface area contributed by atoms with Crippen molar-refractivity contribution < 1.29 is 23.5 Å². The highest BCUT2D eigenvalue weighted by molar-refractivity contribution is 5.79. The SMILES string of the molecule is COc1cc2c(cc1OC)C(c1ccc(F)cc1)N(C(=O)NCCC(=O)NCc1ccncc1)CC2. The van der Waals surface area contributed by atoms with Crippen molar-refractivity contribution in [2.24, 2.45) is 0 Å². The molecule has 3 amide bonds. The fraction of sp³-hybridized carbons (Fsp3) is 0.296. The van der Waals surface area contributed by atoms with Crippen LogP contribution >= 0.6 is 0 Å². The monoisotopic (exact) mass is 492 g/mol. The number of benzene rings is 2. The van der Waals surface area contributed by atoms with Crippen LogP contribution in [0.4, 0.5) is 9.18 Å². The fourth-order valence-corrected chi connectivity index (χ4v) is 4.34. The van der Waals surface area contributed by atoms with Crippen molar-refractivity contribution in [2.75, 3.05) is 27.3 Å². The summed E-state index contributed by atoms with van der Waals surface area (Å²) in [5.74, 6) is 0.653. The highest BCUT2D eigenvalue weighted by Gasteiger charge is 2.33. The van der Waals surface area contributed by atoms with Crippen molar-refractivity contribution in [2.45, 2.75) is 25.4 Å². The number of halogens is 1. The molecule has 0 saturated carbocycles. The largest absolute Gasteiger partial charge is 0.493 e. The molecule has 1 atom stereocenters. The van der Waals surface area contributed by atoms with Crippen LogP contribution in [0.2, 0.25) is 0 Å². The Bertz CT molecular complexity index is 1200. The molecule has 36 heavy (non-hydrogen) atoms. The minimum Gasteiger partial charge on any atom is -0.493 e. The van der Waals surface area contributed by atoms with Gasteiger partial charge in [-0.1, -0.05) is 12.1 Å². The van der Waals surface area contributed by atoms with E-state index >= 15 is 0 Å². The predicted octanol–water partition coefficient (Wildman–Crippen LogP) is 3.60. The number of urea groups is 1. The van der Waals surface area contributed by atoms with Gasteiger partial charge in [-0.05, 0) is 65.1 Å². The van der Waals surface area contributed by atoms with Gasteiger partial charge in [-0.25, -0.2) is 9.18 Å². The summed E-state index contributed by atoms with van der Waals surface area (Å²) in [5.41, 5.74) is 3.63. The van der Waals surface area contributed by atoms with Gasteiger partial charge in [0.25, 0.3) is 0 Å². The maximum atomic E-state index is 13.7. The van der Waals surface area contributed by atoms with Crippen molar-refractivity contribution in [1.29, 1.82) is 0 Å². The summed E-state index contributed by atoms with van der Waals surface area (Å²) in [6.45, 7) is 1.03. The Morgan fingerprint density at radius 3 is 2.42 bits per heavy atom. The fourth-order valence-electron chi connectivity index (χ4n) is 4.34. The molecule has 9 heteroatoms. The van der Waals surface area contributed by atoms with Gasteiger partial charge in [0.05, 0.1) is 20.3 Å². The zero-order chi connectivity index (χ0) is 25.5. The number of ether oxygens (including phenoxy) is 2. The second kappa shape index (κ2) is 11.5. The van der Waals surface area contributed by atoms with E-state index in [0.717, 1.165) is 22.3 Å². The lowest BCUT2D eigenvalue weighted by Gasteiger charge is -2.38. The molecule has 2 aromatic carbocycles. The number of carbonyl (C=O) groups excluding carboxylic acids is 2. The molecule has 1 aromatic heterocycles. The first-order chi connectivity index (χ1) is 17.5. The molecule has 188 valence electrons. The Morgan fingerprint density at radius 2 is 1.72 bits per heavy atom. The summed E-state index contributed by atoms with van der Waals surface area (Å²) in [6, 6.07) is 12.8. The van der Waals surface area contributed by atoms with E-state index in [-0.39, 0.29) is 30.7 Å². The van der Waals surface area contributed by atoms with Crippen LogP contribution in [0.5, 0.6) is 11.5 Å². The normalized spacial score (nSPS) is 14.5. The number of pyridine rings is 1. The van der Waals surface area contributed by atoms with E-state index in [1.54, 1.807) is 43.6 Å². The van der Waals surface area contributed by atoms with Crippen LogP contribution in [0, 0.1) is 5.82 Å². The molecule has 4 rings (SSSR count). The highest BCUT2D eigenvalue weighted by Crippen LogP contribution is 2.41. The molecular weight excluding hydrogens is 463 g/mol. The van der Waals surface area contributed by atoms with Gasteiger partial charge in [0.1, 0.15) is 5.82 Å². The third-order valence-electron chi connectivity index (χ3n) is 6.19. The third kappa shape index (κ3) is 5.73. The highest BCUT2D eigenvalue weighted by atomic mass is 19.1. The van der Waals surface area contributed by atoms with E-state index in [0.29, 0.717) is 31.0 Å². The second-order valence-electron chi connectivity index (χ2n) is 8.42. The van der Waals surface area contributed by atoms with E-state index in [1.807, 2.05) is 24.3 Å². The molecule has 3 aromatic rings. The Labute approximate surface area is 209 Å². The number of methoxy groups -OCH3 is 2. The first-order valence-electron chi connectivity index (χ1n) is 11.7. The number of nitrogens with zero attached hydrogens (tertiary/aromatic N) is 2. The van der Waals surface area contributed by atoms with E-state index < -0.39 is 6.04 Å². The molecule has 0 spiro atoms. The maximum Gasteiger partial charge on any atom is 0.318 e. The van der Waals surface area contributed by atoms with Crippen molar-refractivity contribution in [3.05, 3.63) is 89.0 Å². The zero-order valence-electron chi connectivity index (χ0n) is 20.3. The molecule has 1 aliphatic rings. The summed E-state index contributed by atoms with van der Waals surface area (Å²) in [4.78, 5) is 31.1. The van der Waals surface area contributed by atoms with Crippen LogP contribution in [-0.2, 0) is 17.8 Å². The Kier molecular flexibility index (Phi) is 7.99. The average molecular weight is 493 g/mol. The van der Waals surface area contributed by atoms with Gasteiger partial charge in [0.15, 0.2) is 11.5 Å². The molecule has 0 aliphatic carbocycles. The summed E-state index contributed by atoms with van der Waals surface area (Å²) in [5, 5.41) is 5.70. The van der Waals surface area contributed by atoms with Gasteiger partial charge in [-0.15, -0.1) is 0 Å². The van der Waals surface area contributed by atoms with Crippen LogP contribution in [0.15, 0.2) is 60.9 Å². The number of hydrogen-bond acceptors (Lipinski definition) is 5. The second-order valence-corrected chi connectivity index (χ2v) is 8.42. The van der Waals surface area contributed by atoms with Gasteiger partial charge >= 0.3 is 6.03 Å². The molecule has 8 nitrogen and oxygen atoms in total. The van der Waals surface area contributed by atoms with Crippen LogP contribution in [0.3, 0.4) is 0 Å². The van der Waals surface area contributed by atoms with Gasteiger partial charge in [-0.3, -0.25) is 9.78 Å². The number of amides is 3. The minimum atomic E-state index is -0.449. The molecule has 2 heterocycles. The van der Waals surface area contributed by atoms with E-state index in [9.17, 15) is 14.0 Å². The minimum absolute atomic E-state index is 0.146. The molecule has 2 N–H and O–H groups in total. The molecular formula is C27H29FN4O4. The van der Waals surface area contributed by atoms with Gasteiger partial charge < -0.3 is 25.0 Å². The van der Waals surface area contributed by atoms with Crippen molar-refractivity contribution >= 4 is 11.9 Å². The Hall–Kier alpha value is -4.14. The third-order valence-corrected chi connectivity index (χ3v) is 6.19. The molecule has 0 radical (unpaired) electrons. The van der Waals surface area contributed by atoms with Crippen LogP contribution in [0.25, 0.3) is 0 Å². The Balaban J connectivity index is 1.47. The maximum absolute atomic E-state index is 13.7. The number of rotatable bonds is 8. The number of carbonyl (C=O) groups is 2. The molecule has 1 unspecified atom stereocenters. The quantitative estimate of drug-likeness (QED) is 0.501. The lowest BCUT2D eigenvalue weighted by Crippen LogP contribution is -2.46. The lowest BCUT2D eigenvalue weighted by atomic mass is 9.88. The summed E-state index contributed by atoms with van der Waals surface area (Å²) in [6.07, 6.45) is 4.10. The number of fused-ring (bicyclic) bond motifs is 1. The number of aromatic nitrogens is 1.